The summed E-state index contributed by atoms with van der Waals surface area (Å²) in [5.41, 5.74) is 3.01. The number of fused-ring (bicyclic) bond motifs is 1. The van der Waals surface area contributed by atoms with Crippen LogP contribution in [0.25, 0.3) is 0 Å². The highest BCUT2D eigenvalue weighted by atomic mass is 16.6. The van der Waals surface area contributed by atoms with Crippen LogP contribution in [0.2, 0.25) is 0 Å². The molecule has 4 rings (SSSR count). The monoisotopic (exact) mass is 409 g/mol. The van der Waals surface area contributed by atoms with Gasteiger partial charge >= 0.3 is 11.8 Å². The molecule has 0 saturated carbocycles. The predicted molar refractivity (Wildman–Crippen MR) is 115 cm³/mol. The second kappa shape index (κ2) is 9.52. The van der Waals surface area contributed by atoms with Crippen molar-refractivity contribution in [1.29, 1.82) is 0 Å². The van der Waals surface area contributed by atoms with Gasteiger partial charge in [0.1, 0.15) is 13.2 Å². The van der Waals surface area contributed by atoms with E-state index in [4.69, 9.17) is 9.47 Å². The van der Waals surface area contributed by atoms with Crippen LogP contribution in [-0.4, -0.2) is 44.7 Å². The van der Waals surface area contributed by atoms with Crippen LogP contribution in [-0.2, 0) is 16.0 Å². The number of amides is 2. The van der Waals surface area contributed by atoms with E-state index in [-0.39, 0.29) is 0 Å². The molecule has 0 unspecified atom stereocenters. The largest absolute Gasteiger partial charge is 0.486 e. The van der Waals surface area contributed by atoms with Crippen LogP contribution in [0.4, 0.5) is 11.4 Å². The molecule has 0 aromatic heterocycles. The Kier molecular flexibility index (Phi) is 6.37. The molecule has 2 amide bonds. The first kappa shape index (κ1) is 20.1. The van der Waals surface area contributed by atoms with Crippen molar-refractivity contribution < 1.29 is 19.1 Å². The highest BCUT2D eigenvalue weighted by Gasteiger charge is 2.16. The van der Waals surface area contributed by atoms with Crippen molar-refractivity contribution in [3.8, 4) is 11.5 Å². The smallest absolute Gasteiger partial charge is 0.313 e. The number of hydrogen-bond acceptors (Lipinski definition) is 5. The maximum atomic E-state index is 12.1. The van der Waals surface area contributed by atoms with Crippen molar-refractivity contribution in [2.45, 2.75) is 25.7 Å². The molecule has 7 nitrogen and oxygen atoms in total. The third kappa shape index (κ3) is 5.03. The third-order valence-corrected chi connectivity index (χ3v) is 5.34. The summed E-state index contributed by atoms with van der Waals surface area (Å²) in [5, 5.41) is 5.27. The number of rotatable bonds is 6. The Labute approximate surface area is 176 Å². The molecule has 2 aromatic rings. The van der Waals surface area contributed by atoms with Crippen molar-refractivity contribution in [2.75, 3.05) is 43.1 Å². The summed E-state index contributed by atoms with van der Waals surface area (Å²) in [7, 11) is 0. The van der Waals surface area contributed by atoms with Crippen molar-refractivity contribution in [3.05, 3.63) is 48.0 Å². The topological polar surface area (TPSA) is 79.9 Å². The van der Waals surface area contributed by atoms with Crippen molar-refractivity contribution in [2.24, 2.45) is 0 Å². The number of benzene rings is 2. The zero-order valence-corrected chi connectivity index (χ0v) is 17.0. The minimum Gasteiger partial charge on any atom is -0.486 e. The van der Waals surface area contributed by atoms with E-state index in [0.717, 1.165) is 25.9 Å². The lowest BCUT2D eigenvalue weighted by Crippen LogP contribution is -2.36. The van der Waals surface area contributed by atoms with E-state index in [1.54, 1.807) is 18.2 Å². The van der Waals surface area contributed by atoms with Gasteiger partial charge in [-0.05, 0) is 55.5 Å². The van der Waals surface area contributed by atoms with E-state index in [0.29, 0.717) is 36.9 Å². The molecule has 1 saturated heterocycles. The van der Waals surface area contributed by atoms with E-state index in [9.17, 15) is 9.59 Å². The molecule has 0 atom stereocenters. The number of ether oxygens (including phenoxy) is 2. The summed E-state index contributed by atoms with van der Waals surface area (Å²) < 4.78 is 10.9. The van der Waals surface area contributed by atoms with E-state index in [1.165, 1.54) is 24.1 Å². The van der Waals surface area contributed by atoms with Gasteiger partial charge in [-0.25, -0.2) is 0 Å². The molecular formula is C23H27N3O4. The van der Waals surface area contributed by atoms with Gasteiger partial charge in [0, 0.05) is 37.1 Å². The highest BCUT2D eigenvalue weighted by molar-refractivity contribution is 6.39. The predicted octanol–water partition coefficient (Wildman–Crippen LogP) is 2.75. The Morgan fingerprint density at radius 1 is 0.900 bits per heavy atom. The van der Waals surface area contributed by atoms with Crippen LogP contribution in [0, 0.1) is 0 Å². The minimum absolute atomic E-state index is 0.446. The van der Waals surface area contributed by atoms with Gasteiger partial charge < -0.3 is 25.0 Å². The zero-order valence-electron chi connectivity index (χ0n) is 17.0. The Bertz CT molecular complexity index is 892. The van der Waals surface area contributed by atoms with Crippen molar-refractivity contribution in [3.63, 3.8) is 0 Å². The number of carbonyl (C=O) groups is 2. The summed E-state index contributed by atoms with van der Waals surface area (Å²) in [4.78, 5) is 26.6. The van der Waals surface area contributed by atoms with Gasteiger partial charge in [0.15, 0.2) is 11.5 Å². The number of nitrogens with zero attached hydrogens (tertiary/aromatic N) is 1. The lowest BCUT2D eigenvalue weighted by atomic mass is 10.1. The van der Waals surface area contributed by atoms with Crippen LogP contribution in [0.5, 0.6) is 11.5 Å². The number of hydrogen-bond donors (Lipinski definition) is 2. The summed E-state index contributed by atoms with van der Waals surface area (Å²) in [6.45, 7) is 3.69. The first-order valence-corrected chi connectivity index (χ1v) is 10.5. The Balaban J connectivity index is 1.18. The number of carbonyl (C=O) groups excluding carboxylic acids is 2. The molecule has 0 bridgehead atoms. The molecule has 1 fully saturated rings. The minimum atomic E-state index is -0.693. The average Bonchev–Trinajstić information content (AvgIpc) is 3.32. The van der Waals surface area contributed by atoms with Crippen molar-refractivity contribution in [1.82, 2.24) is 5.32 Å². The zero-order chi connectivity index (χ0) is 20.8. The van der Waals surface area contributed by atoms with Crippen LogP contribution in [0.3, 0.4) is 0 Å². The standard InChI is InChI=1S/C23H27N3O4/c27-22(23(28)25-18-7-10-20-21(16-18)30-15-14-29-20)24-11-3-4-17-5-8-19(9-6-17)26-12-1-2-13-26/h5-10,16H,1-4,11-15H2,(H,24,27)(H,25,28). The molecule has 7 heteroatoms. The van der Waals surface area contributed by atoms with Crippen LogP contribution < -0.4 is 25.0 Å². The van der Waals surface area contributed by atoms with Crippen LogP contribution in [0.15, 0.2) is 42.5 Å². The molecule has 0 spiro atoms. The number of nitrogens with one attached hydrogen (secondary N) is 2. The molecule has 0 aliphatic carbocycles. The normalized spacial score (nSPS) is 15.0. The molecule has 158 valence electrons. The maximum absolute atomic E-state index is 12.1. The third-order valence-electron chi connectivity index (χ3n) is 5.34. The molecule has 2 N–H and O–H groups in total. The summed E-state index contributed by atoms with van der Waals surface area (Å²) in [6, 6.07) is 13.7. The highest BCUT2D eigenvalue weighted by Crippen LogP contribution is 2.32. The van der Waals surface area contributed by atoms with Crippen LogP contribution >= 0.6 is 0 Å². The molecule has 2 aromatic carbocycles. The SMILES string of the molecule is O=C(NCCCc1ccc(N2CCCC2)cc1)C(=O)Nc1ccc2c(c1)OCCO2. The lowest BCUT2D eigenvalue weighted by Gasteiger charge is -2.18. The first-order valence-electron chi connectivity index (χ1n) is 10.5. The molecule has 2 aliphatic rings. The van der Waals surface area contributed by atoms with Crippen molar-refractivity contribution >= 4 is 23.2 Å². The second-order valence-corrected chi connectivity index (χ2v) is 7.53. The maximum Gasteiger partial charge on any atom is 0.313 e. The van der Waals surface area contributed by atoms with Gasteiger partial charge in [-0.3, -0.25) is 9.59 Å². The molecule has 2 aliphatic heterocycles. The van der Waals surface area contributed by atoms with Gasteiger partial charge in [0.2, 0.25) is 0 Å². The van der Waals surface area contributed by atoms with E-state index < -0.39 is 11.8 Å². The Hall–Kier alpha value is -3.22. The summed E-state index contributed by atoms with van der Waals surface area (Å²) in [5.74, 6) is -0.136. The van der Waals surface area contributed by atoms with Gasteiger partial charge in [0.05, 0.1) is 0 Å². The van der Waals surface area contributed by atoms with Gasteiger partial charge in [-0.15, -0.1) is 0 Å². The Morgan fingerprint density at radius 3 is 2.40 bits per heavy atom. The van der Waals surface area contributed by atoms with E-state index >= 15 is 0 Å². The summed E-state index contributed by atoms with van der Waals surface area (Å²) in [6.07, 6.45) is 4.16. The van der Waals surface area contributed by atoms with E-state index in [1.807, 2.05) is 0 Å². The fourth-order valence-electron chi connectivity index (χ4n) is 3.73. The molecular weight excluding hydrogens is 382 g/mol. The second-order valence-electron chi connectivity index (χ2n) is 7.53. The average molecular weight is 409 g/mol. The van der Waals surface area contributed by atoms with E-state index in [2.05, 4.69) is 39.8 Å². The molecule has 30 heavy (non-hydrogen) atoms. The first-order chi connectivity index (χ1) is 14.7. The van der Waals surface area contributed by atoms with Gasteiger partial charge in [-0.2, -0.15) is 0 Å². The molecule has 0 radical (unpaired) electrons. The van der Waals surface area contributed by atoms with Gasteiger partial charge in [0.25, 0.3) is 0 Å². The summed E-state index contributed by atoms with van der Waals surface area (Å²) >= 11 is 0. The fourth-order valence-corrected chi connectivity index (χ4v) is 3.73. The lowest BCUT2D eigenvalue weighted by molar-refractivity contribution is -0.136. The Morgan fingerprint density at radius 2 is 1.63 bits per heavy atom. The fraction of sp³-hybridized carbons (Fsp3) is 0.391. The van der Waals surface area contributed by atoms with Crippen LogP contribution in [0.1, 0.15) is 24.8 Å². The quantitative estimate of drug-likeness (QED) is 0.567. The number of aryl methyl sites for hydroxylation is 1. The molecule has 2 heterocycles. The number of anilines is 2. The van der Waals surface area contributed by atoms with Gasteiger partial charge in [-0.1, -0.05) is 12.1 Å².